The van der Waals surface area contributed by atoms with E-state index < -0.39 is 0 Å². The van der Waals surface area contributed by atoms with Crippen LogP contribution in [0.2, 0.25) is 0 Å². The molecule has 3 nitrogen and oxygen atoms in total. The Morgan fingerprint density at radius 3 is 2.04 bits per heavy atom. The molecule has 3 aromatic carbocycles. The number of amidine groups is 2. The third-order valence-electron chi connectivity index (χ3n) is 3.32. The molecule has 0 amide bonds. The van der Waals surface area contributed by atoms with Crippen LogP contribution >= 0.6 is 15.9 Å². The van der Waals surface area contributed by atoms with Crippen LogP contribution in [0.4, 0.5) is 5.69 Å². The fourth-order valence-corrected chi connectivity index (χ4v) is 2.56. The van der Waals surface area contributed by atoms with Crippen molar-refractivity contribution in [3.63, 3.8) is 0 Å². The summed E-state index contributed by atoms with van der Waals surface area (Å²) in [5.41, 5.74) is 2.24. The molecule has 0 fully saturated rings. The fraction of sp³-hybridized carbons (Fsp3) is 0. The molecule has 0 N–H and O–H groups in total. The number of aliphatic imine (C=N–C) groups is 1. The van der Waals surface area contributed by atoms with E-state index in [0.29, 0.717) is 11.4 Å². The van der Waals surface area contributed by atoms with Gasteiger partial charge in [0.2, 0.25) is 0 Å². The van der Waals surface area contributed by atoms with E-state index >= 15 is 0 Å². The monoisotopic (exact) mass is 426 g/mol. The van der Waals surface area contributed by atoms with E-state index in [2.05, 4.69) is 26.2 Å². The molecule has 0 atom stereocenters. The average molecular weight is 427 g/mol. The summed E-state index contributed by atoms with van der Waals surface area (Å²) < 4.78 is 0.926. The van der Waals surface area contributed by atoms with Gasteiger partial charge >= 0.3 is 18.6 Å². The summed E-state index contributed by atoms with van der Waals surface area (Å²) in [6, 6.07) is 26.4. The first-order valence-electron chi connectivity index (χ1n) is 7.45. The molecular formula is C20H14BrN3V. The second-order valence-electron chi connectivity index (χ2n) is 5.08. The van der Waals surface area contributed by atoms with Gasteiger partial charge in [0.25, 0.3) is 0 Å². The number of nitrogens with zero attached hydrogens (tertiary/aromatic N) is 3. The molecule has 0 unspecified atom stereocenters. The van der Waals surface area contributed by atoms with Gasteiger partial charge in [-0.3, -0.25) is 0 Å². The molecule has 0 aliphatic carbocycles. The molecule has 1 radical (unpaired) electrons. The van der Waals surface area contributed by atoms with Gasteiger partial charge in [0.05, 0.1) is 0 Å². The average Bonchev–Trinajstić information content (AvgIpc) is 2.63. The van der Waals surface area contributed by atoms with Crippen LogP contribution in [0.1, 0.15) is 11.1 Å². The van der Waals surface area contributed by atoms with E-state index in [9.17, 15) is 5.41 Å². The largest absolute Gasteiger partial charge is 2.00 e. The summed E-state index contributed by atoms with van der Waals surface area (Å²) in [6.45, 7) is 0. The summed E-state index contributed by atoms with van der Waals surface area (Å²) in [4.78, 5) is 4.35. The molecular weight excluding hydrogens is 413 g/mol. The number of hydrogen-bond donors (Lipinski definition) is 0. The number of benzene rings is 3. The molecule has 0 spiro atoms. The van der Waals surface area contributed by atoms with Crippen LogP contribution in [-0.4, -0.2) is 11.7 Å². The Balaban J connectivity index is 0.00000225. The zero-order valence-electron chi connectivity index (χ0n) is 13.2. The quantitative estimate of drug-likeness (QED) is 0.369. The zero-order chi connectivity index (χ0) is 16.8. The van der Waals surface area contributed by atoms with Crippen molar-refractivity contribution in [1.82, 2.24) is 0 Å². The van der Waals surface area contributed by atoms with Gasteiger partial charge < -0.3 is 15.7 Å². The third-order valence-corrected chi connectivity index (χ3v) is 3.81. The van der Waals surface area contributed by atoms with Crippen LogP contribution in [0.5, 0.6) is 0 Å². The van der Waals surface area contributed by atoms with Crippen LogP contribution in [0.15, 0.2) is 94.4 Å². The first kappa shape index (κ1) is 19.2. The van der Waals surface area contributed by atoms with Crippen LogP contribution in [-0.2, 0) is 18.6 Å². The molecule has 0 aliphatic heterocycles. The first-order chi connectivity index (χ1) is 11.7. The van der Waals surface area contributed by atoms with Crippen molar-refractivity contribution >= 4 is 33.3 Å². The van der Waals surface area contributed by atoms with E-state index in [-0.39, 0.29) is 24.4 Å². The Morgan fingerprint density at radius 1 is 0.800 bits per heavy atom. The van der Waals surface area contributed by atoms with E-state index in [1.54, 1.807) is 12.1 Å². The smallest absolute Gasteiger partial charge is 0.464 e. The number of halogens is 1. The van der Waals surface area contributed by atoms with Gasteiger partial charge in [-0.1, -0.05) is 100 Å². The van der Waals surface area contributed by atoms with Crippen LogP contribution < -0.4 is 0 Å². The Bertz CT molecular complexity index is 864. The van der Waals surface area contributed by atoms with Crippen molar-refractivity contribution < 1.29 is 18.6 Å². The maximum Gasteiger partial charge on any atom is 2.00 e. The SMILES string of the molecule is [N-]=C(N=C([N-]c1ccccc1)c1cccc(Br)c1)c1ccccc1.[V+2]. The molecule has 121 valence electrons. The van der Waals surface area contributed by atoms with Gasteiger partial charge in [-0.15, -0.1) is 0 Å². The Labute approximate surface area is 167 Å². The second kappa shape index (κ2) is 9.37. The van der Waals surface area contributed by atoms with E-state index in [1.165, 1.54) is 0 Å². The van der Waals surface area contributed by atoms with Crippen LogP contribution in [0.3, 0.4) is 0 Å². The van der Waals surface area contributed by atoms with Crippen LogP contribution in [0, 0.1) is 0 Å². The standard InChI is InChI=1S/C20H14BrN3.V/c21-17-11-7-10-16(14-17)20(23-18-12-5-2-6-13-18)24-19(22)15-8-3-1-4-9-15;/h1-14H;/q-2;+2. The molecule has 0 bridgehead atoms. The Kier molecular flexibility index (Phi) is 7.20. The van der Waals surface area contributed by atoms with Crippen molar-refractivity contribution in [1.29, 1.82) is 0 Å². The topological polar surface area (TPSA) is 48.8 Å². The first-order valence-corrected chi connectivity index (χ1v) is 8.24. The molecule has 0 saturated carbocycles. The summed E-state index contributed by atoms with van der Waals surface area (Å²) in [5, 5.41) is 14.9. The number of hydrogen-bond acceptors (Lipinski definition) is 0. The predicted octanol–water partition coefficient (Wildman–Crippen LogP) is 5.91. The van der Waals surface area contributed by atoms with E-state index in [4.69, 9.17) is 0 Å². The van der Waals surface area contributed by atoms with Crippen molar-refractivity contribution in [2.24, 2.45) is 4.99 Å². The normalized spacial score (nSPS) is 10.7. The molecule has 25 heavy (non-hydrogen) atoms. The summed E-state index contributed by atoms with van der Waals surface area (Å²) >= 11 is 3.46. The maximum absolute atomic E-state index is 10.4. The van der Waals surface area contributed by atoms with Crippen molar-refractivity contribution in [3.05, 3.63) is 111 Å². The van der Waals surface area contributed by atoms with Gasteiger partial charge in [0.1, 0.15) is 0 Å². The summed E-state index contributed by atoms with van der Waals surface area (Å²) in [7, 11) is 0. The van der Waals surface area contributed by atoms with Crippen molar-refractivity contribution in [2.45, 2.75) is 0 Å². The minimum Gasteiger partial charge on any atom is -0.464 e. The number of para-hydroxylation sites is 1. The molecule has 5 heteroatoms. The van der Waals surface area contributed by atoms with Gasteiger partial charge in [-0.05, 0) is 28.9 Å². The maximum atomic E-state index is 10.4. The van der Waals surface area contributed by atoms with Gasteiger partial charge in [0.15, 0.2) is 0 Å². The minimum atomic E-state index is -0.0646. The minimum absolute atomic E-state index is 0. The van der Waals surface area contributed by atoms with E-state index in [0.717, 1.165) is 15.7 Å². The Morgan fingerprint density at radius 2 is 1.40 bits per heavy atom. The van der Waals surface area contributed by atoms with E-state index in [1.807, 2.05) is 72.8 Å². The molecule has 0 aromatic heterocycles. The summed E-state index contributed by atoms with van der Waals surface area (Å²) in [6.07, 6.45) is 0. The molecule has 3 rings (SSSR count). The van der Waals surface area contributed by atoms with Crippen molar-refractivity contribution in [3.8, 4) is 0 Å². The predicted molar refractivity (Wildman–Crippen MR) is 104 cm³/mol. The molecule has 0 aliphatic rings. The van der Waals surface area contributed by atoms with Crippen molar-refractivity contribution in [2.75, 3.05) is 0 Å². The molecule has 0 saturated heterocycles. The fourth-order valence-electron chi connectivity index (χ4n) is 2.16. The third kappa shape index (κ3) is 5.43. The van der Waals surface area contributed by atoms with Gasteiger partial charge in [-0.25, -0.2) is 0 Å². The molecule has 0 heterocycles. The Hall–Kier alpha value is -2.14. The van der Waals surface area contributed by atoms with Gasteiger partial charge in [-0.2, -0.15) is 0 Å². The van der Waals surface area contributed by atoms with Crippen LogP contribution in [0.25, 0.3) is 10.7 Å². The zero-order valence-corrected chi connectivity index (χ0v) is 16.2. The second-order valence-corrected chi connectivity index (χ2v) is 6.00. The van der Waals surface area contributed by atoms with Gasteiger partial charge in [0, 0.05) is 4.47 Å². The number of rotatable bonds is 3. The molecule has 3 aromatic rings. The summed E-state index contributed by atoms with van der Waals surface area (Å²) in [5.74, 6) is 0.383.